The molecule has 0 atom stereocenters. The Balaban J connectivity index is 1.65. The minimum atomic E-state index is 0.997. The fraction of sp³-hybridized carbons (Fsp3) is 0.0769. The first-order valence-electron chi connectivity index (χ1n) is 9.43. The van der Waals surface area contributed by atoms with E-state index in [9.17, 15) is 0 Å². The molecule has 0 amide bonds. The molecule has 1 aliphatic rings. The first kappa shape index (κ1) is 15.9. The molecule has 0 fully saturated rings. The molecule has 1 heteroatoms. The Bertz CT molecular complexity index is 1250. The van der Waals surface area contributed by atoms with Gasteiger partial charge in [0.25, 0.3) is 0 Å². The van der Waals surface area contributed by atoms with Gasteiger partial charge in [-0.2, -0.15) is 0 Å². The van der Waals surface area contributed by atoms with Gasteiger partial charge < -0.3 is 4.57 Å². The van der Waals surface area contributed by atoms with Gasteiger partial charge in [0.15, 0.2) is 0 Å². The second-order valence-corrected chi connectivity index (χ2v) is 7.08. The summed E-state index contributed by atoms with van der Waals surface area (Å²) in [7, 11) is 2.15. The number of hydrogen-bond donors (Lipinski definition) is 0. The molecule has 5 rings (SSSR count). The standard InChI is InChI=1S/C26H21N/c1-27-25-14-7-6-13-23(25)24-16-15-22(18-26(24)27)21-12-8-11-20(17-21)19-9-4-2-3-5-10-19/h2,4-18H,3H2,1H3. The first-order valence-corrected chi connectivity index (χ1v) is 9.43. The van der Waals surface area contributed by atoms with Crippen LogP contribution in [0, 0.1) is 0 Å². The van der Waals surface area contributed by atoms with Gasteiger partial charge in [-0.25, -0.2) is 0 Å². The van der Waals surface area contributed by atoms with Crippen molar-refractivity contribution in [2.45, 2.75) is 6.42 Å². The van der Waals surface area contributed by atoms with Crippen LogP contribution in [0.4, 0.5) is 0 Å². The van der Waals surface area contributed by atoms with Gasteiger partial charge in [0.2, 0.25) is 0 Å². The molecule has 27 heavy (non-hydrogen) atoms. The van der Waals surface area contributed by atoms with Crippen molar-refractivity contribution in [1.82, 2.24) is 4.57 Å². The van der Waals surface area contributed by atoms with Crippen LogP contribution >= 0.6 is 0 Å². The summed E-state index contributed by atoms with van der Waals surface area (Å²) in [6.45, 7) is 0. The summed E-state index contributed by atoms with van der Waals surface area (Å²) in [5.74, 6) is 0. The van der Waals surface area contributed by atoms with Crippen LogP contribution in [0.3, 0.4) is 0 Å². The molecule has 3 aromatic carbocycles. The van der Waals surface area contributed by atoms with Crippen molar-refractivity contribution in [1.29, 1.82) is 0 Å². The third-order valence-electron chi connectivity index (χ3n) is 5.43. The van der Waals surface area contributed by atoms with E-state index < -0.39 is 0 Å². The number of hydrogen-bond acceptors (Lipinski definition) is 0. The number of fused-ring (bicyclic) bond motifs is 3. The molecule has 0 radical (unpaired) electrons. The van der Waals surface area contributed by atoms with Crippen molar-refractivity contribution < 1.29 is 0 Å². The maximum atomic E-state index is 2.31. The van der Waals surface area contributed by atoms with Crippen LogP contribution in [-0.2, 0) is 7.05 Å². The molecule has 0 aliphatic heterocycles. The number of nitrogens with zero attached hydrogens (tertiary/aromatic N) is 1. The van der Waals surface area contributed by atoms with E-state index in [0.29, 0.717) is 0 Å². The highest BCUT2D eigenvalue weighted by Gasteiger charge is 2.09. The predicted molar refractivity (Wildman–Crippen MR) is 117 cm³/mol. The highest BCUT2D eigenvalue weighted by atomic mass is 14.9. The molecule has 130 valence electrons. The van der Waals surface area contributed by atoms with Crippen LogP contribution in [0.1, 0.15) is 12.0 Å². The lowest BCUT2D eigenvalue weighted by atomic mass is 9.98. The zero-order valence-corrected chi connectivity index (χ0v) is 15.4. The number of para-hydroxylation sites is 1. The van der Waals surface area contributed by atoms with Crippen molar-refractivity contribution >= 4 is 27.4 Å². The highest BCUT2D eigenvalue weighted by Crippen LogP contribution is 2.32. The van der Waals surface area contributed by atoms with Crippen LogP contribution < -0.4 is 0 Å². The van der Waals surface area contributed by atoms with Gasteiger partial charge >= 0.3 is 0 Å². The van der Waals surface area contributed by atoms with E-state index >= 15 is 0 Å². The Morgan fingerprint density at radius 2 is 1.52 bits per heavy atom. The number of rotatable bonds is 2. The lowest BCUT2D eigenvalue weighted by Gasteiger charge is -2.08. The van der Waals surface area contributed by atoms with Crippen LogP contribution in [0.2, 0.25) is 0 Å². The van der Waals surface area contributed by atoms with Crippen molar-refractivity contribution in [3.8, 4) is 11.1 Å². The summed E-state index contributed by atoms with van der Waals surface area (Å²) in [6.07, 6.45) is 11.9. The Morgan fingerprint density at radius 1 is 0.704 bits per heavy atom. The summed E-state index contributed by atoms with van der Waals surface area (Å²) >= 11 is 0. The van der Waals surface area contributed by atoms with Crippen molar-refractivity contribution in [3.05, 3.63) is 103 Å². The third-order valence-corrected chi connectivity index (χ3v) is 5.43. The van der Waals surface area contributed by atoms with E-state index in [1.807, 2.05) is 0 Å². The molecule has 0 N–H and O–H groups in total. The van der Waals surface area contributed by atoms with Gasteiger partial charge in [-0.15, -0.1) is 0 Å². The Labute approximate surface area is 159 Å². The topological polar surface area (TPSA) is 4.93 Å². The number of allylic oxidation sites excluding steroid dienone is 6. The maximum absolute atomic E-state index is 2.31. The third kappa shape index (κ3) is 2.72. The summed E-state index contributed by atoms with van der Waals surface area (Å²) < 4.78 is 2.29. The van der Waals surface area contributed by atoms with E-state index in [2.05, 4.69) is 109 Å². The van der Waals surface area contributed by atoms with Crippen molar-refractivity contribution in [3.63, 3.8) is 0 Å². The molecule has 0 saturated carbocycles. The van der Waals surface area contributed by atoms with Crippen LogP contribution in [0.15, 0.2) is 97.1 Å². The van der Waals surface area contributed by atoms with E-state index in [1.165, 1.54) is 44.1 Å². The van der Waals surface area contributed by atoms with Gasteiger partial charge in [-0.1, -0.05) is 78.9 Å². The average molecular weight is 347 g/mol. The molecule has 0 saturated heterocycles. The summed E-state index contributed by atoms with van der Waals surface area (Å²) in [5, 5.41) is 2.63. The molecular formula is C26H21N. The molecule has 1 aromatic heterocycles. The van der Waals surface area contributed by atoms with Crippen LogP contribution in [0.25, 0.3) is 38.5 Å². The lowest BCUT2D eigenvalue weighted by molar-refractivity contribution is 1.01. The number of benzene rings is 3. The van der Waals surface area contributed by atoms with Gasteiger partial charge in [0.05, 0.1) is 0 Å². The normalized spacial score (nSPS) is 13.9. The van der Waals surface area contributed by atoms with Crippen molar-refractivity contribution in [2.75, 3.05) is 0 Å². The second-order valence-electron chi connectivity index (χ2n) is 7.08. The molecule has 1 heterocycles. The monoisotopic (exact) mass is 347 g/mol. The molecule has 4 aromatic rings. The maximum Gasteiger partial charge on any atom is 0.0494 e. The summed E-state index contributed by atoms with van der Waals surface area (Å²) in [4.78, 5) is 0. The zero-order valence-electron chi connectivity index (χ0n) is 15.4. The quantitative estimate of drug-likeness (QED) is 0.372. The average Bonchev–Trinajstić information content (AvgIpc) is 2.89. The SMILES string of the molecule is Cn1c2ccccc2c2ccc(-c3cccc(C4=CC=CCC=C4)c3)cc21. The van der Waals surface area contributed by atoms with E-state index in [1.54, 1.807) is 0 Å². The minimum absolute atomic E-state index is 0.997. The molecule has 1 aliphatic carbocycles. The molecule has 0 spiro atoms. The zero-order chi connectivity index (χ0) is 18.2. The van der Waals surface area contributed by atoms with Crippen LogP contribution in [-0.4, -0.2) is 4.57 Å². The van der Waals surface area contributed by atoms with Crippen LogP contribution in [0.5, 0.6) is 0 Å². The fourth-order valence-electron chi connectivity index (χ4n) is 3.99. The van der Waals surface area contributed by atoms with E-state index in [4.69, 9.17) is 0 Å². The Hall–Kier alpha value is -3.32. The molecule has 0 bridgehead atoms. The highest BCUT2D eigenvalue weighted by molar-refractivity contribution is 6.09. The summed E-state index contributed by atoms with van der Waals surface area (Å²) in [5.41, 5.74) is 7.57. The second kappa shape index (κ2) is 6.44. The number of aryl methyl sites for hydroxylation is 1. The van der Waals surface area contributed by atoms with Gasteiger partial charge in [0, 0.05) is 28.9 Å². The van der Waals surface area contributed by atoms with Gasteiger partial charge in [-0.3, -0.25) is 0 Å². The molecular weight excluding hydrogens is 326 g/mol. The van der Waals surface area contributed by atoms with Crippen molar-refractivity contribution in [2.24, 2.45) is 7.05 Å². The predicted octanol–water partition coefficient (Wildman–Crippen LogP) is 6.90. The lowest BCUT2D eigenvalue weighted by Crippen LogP contribution is -1.88. The van der Waals surface area contributed by atoms with E-state index in [-0.39, 0.29) is 0 Å². The van der Waals surface area contributed by atoms with E-state index in [0.717, 1.165) is 6.42 Å². The first-order chi connectivity index (χ1) is 13.3. The van der Waals surface area contributed by atoms with Gasteiger partial charge in [0.1, 0.15) is 0 Å². The summed E-state index contributed by atoms with van der Waals surface area (Å²) in [6, 6.07) is 24.3. The molecule has 1 nitrogen and oxygen atoms in total. The smallest absolute Gasteiger partial charge is 0.0494 e. The largest absolute Gasteiger partial charge is 0.344 e. The Morgan fingerprint density at radius 3 is 2.48 bits per heavy atom. The number of aromatic nitrogens is 1. The fourth-order valence-corrected chi connectivity index (χ4v) is 3.99. The minimum Gasteiger partial charge on any atom is -0.344 e. The Kier molecular flexibility index (Phi) is 3.79. The molecule has 0 unspecified atom stereocenters. The van der Waals surface area contributed by atoms with Gasteiger partial charge in [-0.05, 0) is 46.9 Å².